The number of carbonyl (C=O) groups is 1. The van der Waals surface area contributed by atoms with E-state index in [0.29, 0.717) is 0 Å². The Kier molecular flexibility index (Phi) is 7.41. The van der Waals surface area contributed by atoms with Gasteiger partial charge in [-0.3, -0.25) is 4.79 Å². The first-order valence-corrected chi connectivity index (χ1v) is 14.2. The van der Waals surface area contributed by atoms with Crippen molar-refractivity contribution in [1.29, 1.82) is 0 Å². The van der Waals surface area contributed by atoms with Gasteiger partial charge in [-0.05, 0) is 56.5 Å². The number of hydrogen-bond acceptors (Lipinski definition) is 6. The van der Waals surface area contributed by atoms with E-state index in [0.717, 1.165) is 32.4 Å². The van der Waals surface area contributed by atoms with Crippen molar-refractivity contribution in [1.82, 2.24) is 4.72 Å². The molecular weight excluding hydrogens is 492 g/mol. The lowest BCUT2D eigenvalue weighted by atomic mass is 10.1. The van der Waals surface area contributed by atoms with Crippen LogP contribution in [0.3, 0.4) is 0 Å². The molecular formula is C28H32N2O4S2. The number of ether oxygens (including phenoxy) is 1. The van der Waals surface area contributed by atoms with Crippen LogP contribution in [-0.2, 0) is 26.1 Å². The van der Waals surface area contributed by atoms with Crippen molar-refractivity contribution in [2.75, 3.05) is 5.32 Å². The van der Waals surface area contributed by atoms with Crippen molar-refractivity contribution in [3.8, 4) is 0 Å². The Morgan fingerprint density at radius 1 is 0.944 bits per heavy atom. The molecule has 0 spiro atoms. The highest BCUT2D eigenvalue weighted by Crippen LogP contribution is 2.36. The number of anilines is 1. The maximum absolute atomic E-state index is 13.2. The Hall–Kier alpha value is -2.94. The summed E-state index contributed by atoms with van der Waals surface area (Å²) >= 11 is 1.54. The van der Waals surface area contributed by atoms with E-state index < -0.39 is 27.6 Å². The van der Waals surface area contributed by atoms with Gasteiger partial charge in [-0.15, -0.1) is 11.3 Å². The van der Waals surface area contributed by atoms with E-state index in [2.05, 4.69) is 34.3 Å². The molecule has 0 bridgehead atoms. The maximum atomic E-state index is 13.2. The summed E-state index contributed by atoms with van der Waals surface area (Å²) in [6.07, 6.45) is 0. The van der Waals surface area contributed by atoms with Crippen LogP contribution in [0.25, 0.3) is 20.2 Å². The summed E-state index contributed by atoms with van der Waals surface area (Å²) in [5, 5.41) is 5.52. The van der Waals surface area contributed by atoms with E-state index in [4.69, 9.17) is 4.74 Å². The highest BCUT2D eigenvalue weighted by atomic mass is 32.2. The molecule has 4 rings (SSSR count). The Morgan fingerprint density at radius 3 is 2.22 bits per heavy atom. The molecule has 0 aliphatic carbocycles. The number of sulfonamides is 1. The van der Waals surface area contributed by atoms with Crippen molar-refractivity contribution >= 4 is 53.2 Å². The van der Waals surface area contributed by atoms with Gasteiger partial charge in [0.25, 0.3) is 0 Å². The normalized spacial score (nSPS) is 13.3. The summed E-state index contributed by atoms with van der Waals surface area (Å²) in [6.45, 7) is 9.57. The van der Waals surface area contributed by atoms with E-state index >= 15 is 0 Å². The molecule has 0 aliphatic rings. The summed E-state index contributed by atoms with van der Waals surface area (Å²) in [6, 6.07) is 20.5. The summed E-state index contributed by atoms with van der Waals surface area (Å²) in [4.78, 5) is 12.8. The molecule has 3 aromatic carbocycles. The monoisotopic (exact) mass is 524 g/mol. The van der Waals surface area contributed by atoms with Gasteiger partial charge >= 0.3 is 5.97 Å². The lowest BCUT2D eigenvalue weighted by molar-refractivity contribution is -0.158. The van der Waals surface area contributed by atoms with Gasteiger partial charge in [-0.1, -0.05) is 56.3 Å². The predicted molar refractivity (Wildman–Crippen MR) is 148 cm³/mol. The zero-order valence-electron chi connectivity index (χ0n) is 21.2. The fraction of sp³-hybridized carbons (Fsp3) is 0.321. The molecule has 0 aliphatic heterocycles. The Balaban J connectivity index is 1.58. The van der Waals surface area contributed by atoms with Gasteiger partial charge in [-0.25, -0.2) is 8.42 Å². The van der Waals surface area contributed by atoms with Crippen LogP contribution in [-0.4, -0.2) is 26.0 Å². The summed E-state index contributed by atoms with van der Waals surface area (Å²) in [5.74, 6) is -0.857. The molecule has 8 heteroatoms. The smallest absolute Gasteiger partial charge is 0.324 e. The summed E-state index contributed by atoms with van der Waals surface area (Å²) in [7, 11) is -3.94. The van der Waals surface area contributed by atoms with Gasteiger partial charge in [0.2, 0.25) is 10.0 Å². The summed E-state index contributed by atoms with van der Waals surface area (Å²) < 4.78 is 36.4. The first-order chi connectivity index (χ1) is 16.9. The first-order valence-electron chi connectivity index (χ1n) is 11.9. The number of esters is 1. The van der Waals surface area contributed by atoms with Crippen LogP contribution < -0.4 is 10.0 Å². The zero-order valence-corrected chi connectivity index (χ0v) is 22.8. The second-order valence-corrected chi connectivity index (χ2v) is 13.0. The number of benzene rings is 3. The Labute approximate surface area is 216 Å². The van der Waals surface area contributed by atoms with Crippen LogP contribution >= 0.6 is 11.3 Å². The number of nitrogens with one attached hydrogen (secondary N) is 2. The molecule has 1 heterocycles. The second-order valence-electron chi connectivity index (χ2n) is 10.2. The number of thiophene rings is 1. The van der Waals surface area contributed by atoms with Crippen LogP contribution in [0.1, 0.15) is 40.2 Å². The van der Waals surface area contributed by atoms with Crippen molar-refractivity contribution in [3.63, 3.8) is 0 Å². The SMILES string of the molecule is CC(C)[C@H](NS(=O)(=O)c1ccc2c(c1)sc1cc(NCc3ccccc3)ccc12)C(=O)OC(C)(C)C. The molecule has 36 heavy (non-hydrogen) atoms. The number of hydrogen-bond donors (Lipinski definition) is 2. The topological polar surface area (TPSA) is 84.5 Å². The molecule has 190 valence electrons. The first kappa shape index (κ1) is 26.1. The minimum Gasteiger partial charge on any atom is -0.459 e. The Bertz CT molecular complexity index is 1490. The third-order valence-corrected chi connectivity index (χ3v) is 8.26. The molecule has 0 radical (unpaired) electrons. The second kappa shape index (κ2) is 10.2. The van der Waals surface area contributed by atoms with Gasteiger partial charge < -0.3 is 10.1 Å². The third kappa shape index (κ3) is 6.06. The van der Waals surface area contributed by atoms with Gasteiger partial charge in [0, 0.05) is 32.4 Å². The number of rotatable bonds is 8. The van der Waals surface area contributed by atoms with Crippen LogP contribution in [0.15, 0.2) is 71.6 Å². The summed E-state index contributed by atoms with van der Waals surface area (Å²) in [5.41, 5.74) is 1.49. The van der Waals surface area contributed by atoms with Crippen LogP contribution in [0.4, 0.5) is 5.69 Å². The molecule has 2 N–H and O–H groups in total. The predicted octanol–water partition coefficient (Wildman–Crippen LogP) is 6.31. The average Bonchev–Trinajstić information content (AvgIpc) is 3.17. The third-order valence-electron chi connectivity index (χ3n) is 5.70. The highest BCUT2D eigenvalue weighted by molar-refractivity contribution is 7.89. The maximum Gasteiger partial charge on any atom is 0.324 e. The molecule has 1 atom stereocenters. The van der Waals surface area contributed by atoms with E-state index in [1.54, 1.807) is 58.1 Å². The number of fused-ring (bicyclic) bond motifs is 3. The van der Waals surface area contributed by atoms with Gasteiger partial charge in [-0.2, -0.15) is 4.72 Å². The van der Waals surface area contributed by atoms with Crippen molar-refractivity contribution in [2.24, 2.45) is 5.92 Å². The van der Waals surface area contributed by atoms with Crippen molar-refractivity contribution < 1.29 is 17.9 Å². The van der Waals surface area contributed by atoms with Crippen molar-refractivity contribution in [2.45, 2.75) is 57.7 Å². The van der Waals surface area contributed by atoms with Gasteiger partial charge in [0.15, 0.2) is 0 Å². The van der Waals surface area contributed by atoms with Crippen LogP contribution in [0.2, 0.25) is 0 Å². The quantitative estimate of drug-likeness (QED) is 0.264. The lowest BCUT2D eigenvalue weighted by Gasteiger charge is -2.26. The minimum atomic E-state index is -3.94. The van der Waals surface area contributed by atoms with E-state index in [1.807, 2.05) is 30.3 Å². The van der Waals surface area contributed by atoms with E-state index in [-0.39, 0.29) is 10.8 Å². The number of carbonyl (C=O) groups excluding carboxylic acids is 1. The van der Waals surface area contributed by atoms with Gasteiger partial charge in [0.05, 0.1) is 4.90 Å². The highest BCUT2D eigenvalue weighted by Gasteiger charge is 2.32. The molecule has 0 saturated heterocycles. The fourth-order valence-electron chi connectivity index (χ4n) is 3.89. The molecule has 0 fully saturated rings. The standard InChI is InChI=1S/C28H32N2O4S2/c1-18(2)26(27(31)34-28(3,4)5)30-36(32,33)21-12-14-23-22-13-11-20(15-24(22)35-25(23)16-21)29-17-19-9-7-6-8-10-19/h6-16,18,26,29-30H,17H2,1-5H3/t26-/m0/s1. The molecule has 0 saturated carbocycles. The largest absolute Gasteiger partial charge is 0.459 e. The van der Waals surface area contributed by atoms with E-state index in [9.17, 15) is 13.2 Å². The molecule has 6 nitrogen and oxygen atoms in total. The van der Waals surface area contributed by atoms with Crippen molar-refractivity contribution in [3.05, 3.63) is 72.3 Å². The average molecular weight is 525 g/mol. The van der Waals surface area contributed by atoms with Gasteiger partial charge in [0.1, 0.15) is 11.6 Å². The van der Waals surface area contributed by atoms with E-state index in [1.165, 1.54) is 5.56 Å². The Morgan fingerprint density at radius 2 is 1.58 bits per heavy atom. The fourth-order valence-corrected chi connectivity index (χ4v) is 6.51. The molecule has 0 unspecified atom stereocenters. The molecule has 0 amide bonds. The lowest BCUT2D eigenvalue weighted by Crippen LogP contribution is -2.47. The zero-order chi connectivity index (χ0) is 26.1. The van der Waals surface area contributed by atoms with Crippen LogP contribution in [0.5, 0.6) is 0 Å². The minimum absolute atomic E-state index is 0.123. The van der Waals surface area contributed by atoms with Crippen LogP contribution in [0, 0.1) is 5.92 Å². The molecule has 1 aromatic heterocycles. The molecule has 4 aromatic rings.